The van der Waals surface area contributed by atoms with Gasteiger partial charge in [-0.3, -0.25) is 4.79 Å². The fraction of sp³-hybridized carbons (Fsp3) is 0.429. The third kappa shape index (κ3) is 4.13. The molecular weight excluding hydrogens is 282 g/mol. The van der Waals surface area contributed by atoms with Crippen molar-refractivity contribution in [2.75, 3.05) is 0 Å². The first-order valence-electron chi connectivity index (χ1n) is 6.11. The maximum Gasteiger partial charge on any atom is 0.328 e. The summed E-state index contributed by atoms with van der Waals surface area (Å²) in [6, 6.07) is 5.06. The number of hydrogen-bond acceptors (Lipinski definition) is 3. The highest BCUT2D eigenvalue weighted by molar-refractivity contribution is 6.30. The number of benzene rings is 1. The molecule has 5 nitrogen and oxygen atoms in total. The predicted octanol–water partition coefficient (Wildman–Crippen LogP) is 2.40. The van der Waals surface area contributed by atoms with Crippen LogP contribution in [0.25, 0.3) is 0 Å². The number of halogens is 1. The van der Waals surface area contributed by atoms with Crippen molar-refractivity contribution in [3.05, 3.63) is 28.8 Å². The zero-order valence-electron chi connectivity index (χ0n) is 11.9. The van der Waals surface area contributed by atoms with E-state index >= 15 is 0 Å². The Morgan fingerprint density at radius 3 is 2.50 bits per heavy atom. The molecule has 0 fully saturated rings. The Balaban J connectivity index is 2.73. The normalized spacial score (nSPS) is 12.7. The minimum absolute atomic E-state index is 0.494. The molecule has 2 N–H and O–H groups in total. The molecule has 0 saturated heterocycles. The molecule has 1 aromatic carbocycles. The van der Waals surface area contributed by atoms with Crippen LogP contribution in [-0.4, -0.2) is 28.6 Å². The van der Waals surface area contributed by atoms with E-state index in [9.17, 15) is 9.59 Å². The summed E-state index contributed by atoms with van der Waals surface area (Å²) < 4.78 is 5.52. The van der Waals surface area contributed by atoms with E-state index in [4.69, 9.17) is 21.4 Å². The minimum atomic E-state index is -1.34. The summed E-state index contributed by atoms with van der Waals surface area (Å²) in [5.74, 6) is -1.07. The first-order chi connectivity index (χ1) is 9.13. The van der Waals surface area contributed by atoms with Gasteiger partial charge in [0.2, 0.25) is 0 Å². The second-order valence-electron chi connectivity index (χ2n) is 5.09. The number of rotatable bonds is 5. The average Bonchev–Trinajstić information content (AvgIpc) is 2.31. The summed E-state index contributed by atoms with van der Waals surface area (Å²) >= 11 is 5.84. The second kappa shape index (κ2) is 6.13. The highest BCUT2D eigenvalue weighted by atomic mass is 35.5. The number of nitrogens with one attached hydrogen (secondary N) is 1. The molecule has 0 aliphatic heterocycles. The lowest BCUT2D eigenvalue weighted by atomic mass is 10.1. The minimum Gasteiger partial charge on any atom is -0.481 e. The smallest absolute Gasteiger partial charge is 0.328 e. The molecule has 0 aliphatic carbocycles. The van der Waals surface area contributed by atoms with Gasteiger partial charge < -0.3 is 15.2 Å². The van der Waals surface area contributed by atoms with E-state index in [-0.39, 0.29) is 0 Å². The van der Waals surface area contributed by atoms with Gasteiger partial charge in [-0.1, -0.05) is 11.6 Å². The molecule has 1 unspecified atom stereocenters. The number of carboxylic acid groups (broad SMARTS) is 1. The van der Waals surface area contributed by atoms with Crippen LogP contribution in [0.5, 0.6) is 5.75 Å². The predicted molar refractivity (Wildman–Crippen MR) is 76.1 cm³/mol. The number of ether oxygens (including phenoxy) is 1. The van der Waals surface area contributed by atoms with Crippen molar-refractivity contribution in [1.29, 1.82) is 0 Å². The Labute approximate surface area is 122 Å². The van der Waals surface area contributed by atoms with Crippen molar-refractivity contribution >= 4 is 23.5 Å². The fourth-order valence-electron chi connectivity index (χ4n) is 1.45. The van der Waals surface area contributed by atoms with E-state index in [1.807, 2.05) is 6.92 Å². The summed E-state index contributed by atoms with van der Waals surface area (Å²) in [7, 11) is 0. The van der Waals surface area contributed by atoms with Crippen molar-refractivity contribution in [2.24, 2.45) is 0 Å². The summed E-state index contributed by atoms with van der Waals surface area (Å²) in [5, 5.41) is 12.0. The summed E-state index contributed by atoms with van der Waals surface area (Å²) in [6.45, 7) is 6.19. The van der Waals surface area contributed by atoms with Gasteiger partial charge in [0.15, 0.2) is 6.10 Å². The number of aliphatic carboxylic acids is 1. The molecule has 1 aromatic rings. The van der Waals surface area contributed by atoms with E-state index in [0.717, 1.165) is 5.56 Å². The number of carbonyl (C=O) groups excluding carboxylic acids is 1. The molecular formula is C14H18ClNO4. The lowest BCUT2D eigenvalue weighted by Crippen LogP contribution is -2.53. The number of carbonyl (C=O) groups is 2. The van der Waals surface area contributed by atoms with Crippen molar-refractivity contribution in [3.63, 3.8) is 0 Å². The monoisotopic (exact) mass is 299 g/mol. The molecule has 20 heavy (non-hydrogen) atoms. The molecule has 0 aromatic heterocycles. The van der Waals surface area contributed by atoms with Crippen LogP contribution in [0.3, 0.4) is 0 Å². The summed E-state index contributed by atoms with van der Waals surface area (Å²) in [4.78, 5) is 22.9. The van der Waals surface area contributed by atoms with Crippen LogP contribution in [-0.2, 0) is 9.59 Å². The van der Waals surface area contributed by atoms with Crippen LogP contribution in [0.2, 0.25) is 5.02 Å². The number of aryl methyl sites for hydroxylation is 1. The van der Waals surface area contributed by atoms with E-state index in [2.05, 4.69) is 5.32 Å². The van der Waals surface area contributed by atoms with Crippen molar-refractivity contribution < 1.29 is 19.4 Å². The fourth-order valence-corrected chi connectivity index (χ4v) is 1.68. The van der Waals surface area contributed by atoms with E-state index in [0.29, 0.717) is 10.8 Å². The van der Waals surface area contributed by atoms with Gasteiger partial charge in [0.1, 0.15) is 11.3 Å². The molecule has 0 heterocycles. The van der Waals surface area contributed by atoms with E-state index in [1.54, 1.807) is 25.1 Å². The van der Waals surface area contributed by atoms with Gasteiger partial charge in [-0.15, -0.1) is 0 Å². The van der Waals surface area contributed by atoms with Crippen molar-refractivity contribution in [1.82, 2.24) is 5.32 Å². The number of carboxylic acids is 1. The molecule has 0 spiro atoms. The molecule has 6 heteroatoms. The summed E-state index contributed by atoms with van der Waals surface area (Å²) in [6.07, 6.45) is -0.812. The van der Waals surface area contributed by atoms with Crippen LogP contribution in [0.1, 0.15) is 26.3 Å². The molecule has 0 bridgehead atoms. The Morgan fingerprint density at radius 2 is 2.00 bits per heavy atom. The molecule has 0 saturated carbocycles. The quantitative estimate of drug-likeness (QED) is 0.875. The first kappa shape index (κ1) is 16.3. The van der Waals surface area contributed by atoms with Crippen LogP contribution < -0.4 is 10.1 Å². The number of amides is 1. The van der Waals surface area contributed by atoms with Crippen LogP contribution in [0.4, 0.5) is 0 Å². The van der Waals surface area contributed by atoms with Crippen molar-refractivity contribution in [3.8, 4) is 5.75 Å². The Hall–Kier alpha value is -1.75. The molecule has 110 valence electrons. The largest absolute Gasteiger partial charge is 0.481 e. The van der Waals surface area contributed by atoms with Gasteiger partial charge in [0, 0.05) is 5.02 Å². The maximum atomic E-state index is 11.9. The standard InChI is InChI=1S/C14H18ClNO4/c1-8-7-10(15)5-6-11(8)20-9(2)12(17)16-14(3,4)13(18)19/h5-7,9H,1-4H3,(H,16,17)(H,18,19). The highest BCUT2D eigenvalue weighted by Crippen LogP contribution is 2.22. The topological polar surface area (TPSA) is 75.6 Å². The second-order valence-corrected chi connectivity index (χ2v) is 5.53. The van der Waals surface area contributed by atoms with Crippen LogP contribution in [0, 0.1) is 6.92 Å². The Kier molecular flexibility index (Phi) is 5.00. The van der Waals surface area contributed by atoms with Gasteiger partial charge in [-0.05, 0) is 51.5 Å². The molecule has 1 amide bonds. The molecule has 1 atom stereocenters. The van der Waals surface area contributed by atoms with Crippen molar-refractivity contribution in [2.45, 2.75) is 39.3 Å². The van der Waals surface area contributed by atoms with E-state index < -0.39 is 23.5 Å². The van der Waals surface area contributed by atoms with E-state index in [1.165, 1.54) is 13.8 Å². The number of hydrogen-bond donors (Lipinski definition) is 2. The molecule has 1 rings (SSSR count). The average molecular weight is 300 g/mol. The van der Waals surface area contributed by atoms with Gasteiger partial charge in [-0.2, -0.15) is 0 Å². The third-order valence-corrected chi connectivity index (χ3v) is 3.02. The lowest BCUT2D eigenvalue weighted by Gasteiger charge is -2.24. The molecule has 0 radical (unpaired) electrons. The Bertz CT molecular complexity index is 528. The first-order valence-corrected chi connectivity index (χ1v) is 6.49. The third-order valence-electron chi connectivity index (χ3n) is 2.78. The maximum absolute atomic E-state index is 11.9. The summed E-state index contributed by atoms with van der Waals surface area (Å²) in [5.41, 5.74) is -0.543. The SMILES string of the molecule is Cc1cc(Cl)ccc1OC(C)C(=O)NC(C)(C)C(=O)O. The Morgan fingerprint density at radius 1 is 1.40 bits per heavy atom. The zero-order chi connectivity index (χ0) is 15.5. The van der Waals surface area contributed by atoms with Gasteiger partial charge >= 0.3 is 5.97 Å². The molecule has 0 aliphatic rings. The lowest BCUT2D eigenvalue weighted by molar-refractivity contribution is -0.147. The highest BCUT2D eigenvalue weighted by Gasteiger charge is 2.31. The van der Waals surface area contributed by atoms with Crippen LogP contribution in [0.15, 0.2) is 18.2 Å². The van der Waals surface area contributed by atoms with Gasteiger partial charge in [0.05, 0.1) is 0 Å². The van der Waals surface area contributed by atoms with Crippen LogP contribution >= 0.6 is 11.6 Å². The van der Waals surface area contributed by atoms with Gasteiger partial charge in [-0.25, -0.2) is 4.79 Å². The zero-order valence-corrected chi connectivity index (χ0v) is 12.6. The van der Waals surface area contributed by atoms with Gasteiger partial charge in [0.25, 0.3) is 5.91 Å².